The van der Waals surface area contributed by atoms with Gasteiger partial charge in [-0.1, -0.05) is 142 Å². The fraction of sp³-hybridized carbons (Fsp3) is 0.829. The standard InChI is InChI=1S/C41H71FN5O11P.Na/c1-3-5-7-9-11-13-15-17-19-21-23-25-33(48)54-27-31(57-34(49)26-24-22-20-18-16-14-12-10-8-6-4-2)28-55-59(52,53)56-29-32-36(50)37(51)40(58-32)47-30-44-35-38(43)45-41(42)46-39(35)47;/h30-32,36-37,40,50-51H,3-29H2,1-2H3,(H,52,53)(H2,43,45,46);/q;+1/p-1/t31-,32-,36-,37+,40-;/m1./s1. The predicted octanol–water partition coefficient (Wildman–Crippen LogP) is 4.53. The van der Waals surface area contributed by atoms with Crippen LogP contribution in [0.2, 0.25) is 0 Å². The Kier molecular flexibility index (Phi) is 28.2. The van der Waals surface area contributed by atoms with E-state index in [0.717, 1.165) is 49.4 Å². The average molecular weight is 882 g/mol. The Morgan fingerprint density at radius 1 is 0.800 bits per heavy atom. The summed E-state index contributed by atoms with van der Waals surface area (Å²) in [6.45, 7) is 2.54. The Bertz CT molecular complexity index is 1550. The summed E-state index contributed by atoms with van der Waals surface area (Å²) in [5.41, 5.74) is 5.62. The first-order chi connectivity index (χ1) is 28.5. The summed E-state index contributed by atoms with van der Waals surface area (Å²) in [6.07, 6.45) is 17.8. The van der Waals surface area contributed by atoms with Gasteiger partial charge in [0.05, 0.1) is 19.5 Å². The number of imidazole rings is 1. The normalized spacial score (nSPS) is 19.2. The molecule has 3 rings (SSSR count). The number of aliphatic hydroxyl groups excluding tert-OH is 2. The number of aromatic nitrogens is 4. The summed E-state index contributed by atoms with van der Waals surface area (Å²) < 4.78 is 54.4. The Labute approximate surface area is 377 Å². The number of anilines is 1. The minimum Gasteiger partial charge on any atom is -0.756 e. The number of halogens is 1. The van der Waals surface area contributed by atoms with Crippen LogP contribution in [0.3, 0.4) is 0 Å². The second-order valence-corrected chi connectivity index (χ2v) is 17.1. The molecule has 1 unspecified atom stereocenters. The van der Waals surface area contributed by atoms with Crippen molar-refractivity contribution < 1.29 is 86.5 Å². The van der Waals surface area contributed by atoms with Crippen LogP contribution in [0.1, 0.15) is 174 Å². The Morgan fingerprint density at radius 3 is 1.83 bits per heavy atom. The van der Waals surface area contributed by atoms with E-state index >= 15 is 0 Å². The summed E-state index contributed by atoms with van der Waals surface area (Å²) >= 11 is 0. The first-order valence-corrected chi connectivity index (χ1v) is 23.5. The maximum atomic E-state index is 13.9. The molecule has 0 amide bonds. The third kappa shape index (κ3) is 21.1. The van der Waals surface area contributed by atoms with Crippen molar-refractivity contribution in [3.63, 3.8) is 0 Å². The molecule has 0 bridgehead atoms. The van der Waals surface area contributed by atoms with E-state index in [1.165, 1.54) is 89.9 Å². The molecule has 0 saturated carbocycles. The van der Waals surface area contributed by atoms with Crippen molar-refractivity contribution in [1.82, 2.24) is 19.5 Å². The first-order valence-electron chi connectivity index (χ1n) is 22.1. The first kappa shape index (κ1) is 54.3. The van der Waals surface area contributed by atoms with Crippen LogP contribution in [0, 0.1) is 6.08 Å². The zero-order chi connectivity index (χ0) is 42.9. The molecule has 2 aromatic rings. The SMILES string of the molecule is CCCCCCCCCCCCCC(=O)OC[C@H](COP(=O)([O-])OC[C@H]1O[C@@H](n2cnc3c(N)nc(F)nc32)[C@@H](O)[C@@H]1O)OC(=O)CCCCCCCCCCCCC.[Na+]. The molecule has 16 nitrogen and oxygen atoms in total. The van der Waals surface area contributed by atoms with Crippen LogP contribution in [-0.4, -0.2) is 85.9 Å². The number of carbonyl (C=O) groups is 2. The summed E-state index contributed by atoms with van der Waals surface area (Å²) in [5, 5.41) is 21.3. The number of ether oxygens (including phenoxy) is 3. The maximum absolute atomic E-state index is 13.9. The van der Waals surface area contributed by atoms with Gasteiger partial charge in [-0.15, -0.1) is 0 Å². The molecule has 0 radical (unpaired) electrons. The Hall–Kier alpha value is -1.79. The van der Waals surface area contributed by atoms with E-state index in [1.54, 1.807) is 0 Å². The number of aliphatic hydroxyl groups is 2. The zero-order valence-corrected chi connectivity index (χ0v) is 39.2. The number of nitrogens with two attached hydrogens (primary N) is 1. The van der Waals surface area contributed by atoms with Crippen LogP contribution in [-0.2, 0) is 37.4 Å². The van der Waals surface area contributed by atoms with Crippen molar-refractivity contribution in [3.8, 4) is 0 Å². The molecule has 0 aliphatic carbocycles. The van der Waals surface area contributed by atoms with Gasteiger partial charge in [-0.25, -0.2) is 4.98 Å². The van der Waals surface area contributed by atoms with Crippen LogP contribution >= 0.6 is 7.82 Å². The molecule has 1 saturated heterocycles. The van der Waals surface area contributed by atoms with Gasteiger partial charge < -0.3 is 44.1 Å². The molecule has 6 atom stereocenters. The fourth-order valence-electron chi connectivity index (χ4n) is 7.06. The number of phosphoric acid groups is 1. The summed E-state index contributed by atoms with van der Waals surface area (Å²) in [6, 6.07) is 0. The van der Waals surface area contributed by atoms with Crippen molar-refractivity contribution in [2.24, 2.45) is 0 Å². The molecule has 4 N–H and O–H groups in total. The number of esters is 2. The Morgan fingerprint density at radius 2 is 1.30 bits per heavy atom. The van der Waals surface area contributed by atoms with E-state index in [4.69, 9.17) is 29.0 Å². The van der Waals surface area contributed by atoms with E-state index in [-0.39, 0.29) is 59.4 Å². The van der Waals surface area contributed by atoms with Crippen molar-refractivity contribution in [2.75, 3.05) is 25.6 Å². The minimum atomic E-state index is -5.12. The summed E-state index contributed by atoms with van der Waals surface area (Å²) in [4.78, 5) is 49.2. The van der Waals surface area contributed by atoms with Gasteiger partial charge in [0.2, 0.25) is 0 Å². The smallest absolute Gasteiger partial charge is 0.756 e. The van der Waals surface area contributed by atoms with Crippen molar-refractivity contribution in [3.05, 3.63) is 12.4 Å². The van der Waals surface area contributed by atoms with Crippen molar-refractivity contribution in [1.29, 1.82) is 0 Å². The second-order valence-electron chi connectivity index (χ2n) is 15.7. The van der Waals surface area contributed by atoms with E-state index in [0.29, 0.717) is 12.8 Å². The van der Waals surface area contributed by atoms with Crippen molar-refractivity contribution >= 4 is 36.7 Å². The molecule has 0 aromatic carbocycles. The van der Waals surface area contributed by atoms with Gasteiger partial charge in [0.1, 0.15) is 24.9 Å². The van der Waals surface area contributed by atoms with Crippen molar-refractivity contribution in [2.45, 2.75) is 199 Å². The molecule has 1 aliphatic rings. The quantitative estimate of drug-likeness (QED) is 0.0288. The van der Waals surface area contributed by atoms with Gasteiger partial charge in [0.15, 0.2) is 29.3 Å². The van der Waals surface area contributed by atoms with Crippen LogP contribution in [0.4, 0.5) is 10.2 Å². The average Bonchev–Trinajstić information content (AvgIpc) is 3.75. The molecule has 3 heterocycles. The molecule has 1 aliphatic heterocycles. The molecule has 60 heavy (non-hydrogen) atoms. The molecule has 19 heteroatoms. The second kappa shape index (κ2) is 31.1. The fourth-order valence-corrected chi connectivity index (χ4v) is 7.81. The number of hydrogen-bond donors (Lipinski definition) is 3. The van der Waals surface area contributed by atoms with Gasteiger partial charge in [-0.3, -0.25) is 18.7 Å². The van der Waals surface area contributed by atoms with Gasteiger partial charge in [-0.2, -0.15) is 14.4 Å². The van der Waals surface area contributed by atoms with Gasteiger partial charge in [0, 0.05) is 12.8 Å². The zero-order valence-electron chi connectivity index (χ0n) is 36.3. The number of fused-ring (bicyclic) bond motifs is 1. The monoisotopic (exact) mass is 881 g/mol. The molecule has 338 valence electrons. The number of nitrogen functional groups attached to an aromatic ring is 1. The summed E-state index contributed by atoms with van der Waals surface area (Å²) in [7, 11) is -5.12. The van der Waals surface area contributed by atoms with Crippen LogP contribution in [0.25, 0.3) is 11.2 Å². The molecule has 2 aromatic heterocycles. The number of unbranched alkanes of at least 4 members (excludes halogenated alkanes) is 20. The number of rotatable bonds is 34. The van der Waals surface area contributed by atoms with E-state index in [1.807, 2.05) is 0 Å². The topological polar surface area (TPSA) is 230 Å². The van der Waals surface area contributed by atoms with Crippen LogP contribution < -0.4 is 40.2 Å². The van der Waals surface area contributed by atoms with Crippen LogP contribution in [0.5, 0.6) is 0 Å². The van der Waals surface area contributed by atoms with Gasteiger partial charge in [0.25, 0.3) is 7.82 Å². The Balaban J connectivity index is 0.0000124. The van der Waals surface area contributed by atoms with E-state index < -0.39 is 76.3 Å². The molecular weight excluding hydrogens is 811 g/mol. The largest absolute Gasteiger partial charge is 1.00 e. The van der Waals surface area contributed by atoms with Gasteiger partial charge in [-0.05, 0) is 12.8 Å². The molecular formula is C41H70FN5NaO11P. The summed E-state index contributed by atoms with van der Waals surface area (Å²) in [5.74, 6) is -1.31. The van der Waals surface area contributed by atoms with E-state index in [2.05, 4.69) is 28.8 Å². The number of nitrogens with zero attached hydrogens (tertiary/aromatic N) is 4. The third-order valence-corrected chi connectivity index (χ3v) is 11.5. The number of phosphoric ester groups is 1. The number of hydrogen-bond acceptors (Lipinski definition) is 15. The predicted molar refractivity (Wildman–Crippen MR) is 218 cm³/mol. The van der Waals surface area contributed by atoms with Gasteiger partial charge >= 0.3 is 47.6 Å². The third-order valence-electron chi connectivity index (χ3n) is 10.5. The molecule has 1 fully saturated rings. The maximum Gasteiger partial charge on any atom is 1.00 e. The van der Waals surface area contributed by atoms with E-state index in [9.17, 15) is 33.7 Å². The number of carbonyl (C=O) groups excluding carboxylic acids is 2. The van der Waals surface area contributed by atoms with Crippen LogP contribution in [0.15, 0.2) is 6.33 Å². The minimum absolute atomic E-state index is 0. The molecule has 0 spiro atoms.